The van der Waals surface area contributed by atoms with Crippen LogP contribution in [0, 0.1) is 5.41 Å². The summed E-state index contributed by atoms with van der Waals surface area (Å²) in [6.07, 6.45) is -3.00. The predicted molar refractivity (Wildman–Crippen MR) is 145 cm³/mol. The van der Waals surface area contributed by atoms with Gasteiger partial charge in [-0.3, -0.25) is 19.0 Å². The van der Waals surface area contributed by atoms with Crippen molar-refractivity contribution >= 4 is 39.9 Å². The van der Waals surface area contributed by atoms with Gasteiger partial charge in [0, 0.05) is 34.9 Å². The number of pyridine rings is 1. The van der Waals surface area contributed by atoms with Gasteiger partial charge in [-0.1, -0.05) is 44.5 Å². The Morgan fingerprint density at radius 3 is 2.26 bits per heavy atom. The molecule has 0 aliphatic carbocycles. The number of fused-ring (bicyclic) bond motifs is 1. The van der Waals surface area contributed by atoms with Crippen molar-refractivity contribution in [3.63, 3.8) is 0 Å². The molecule has 1 aromatic heterocycles. The topological polar surface area (TPSA) is 80.2 Å². The van der Waals surface area contributed by atoms with Gasteiger partial charge in [0.15, 0.2) is 0 Å². The molecule has 0 unspecified atom stereocenters. The fourth-order valence-electron chi connectivity index (χ4n) is 3.83. The number of carbonyl (C=O) groups is 2. The standard InChI is InChI=1S/C29H25ClF3N3O3/c1-28(2,3)27(39)34-16-17-4-11-24(30)23(14-17)25(37)35-20-8-5-18-12-13-36(26(38)22(18)15-20)21-9-6-19(7-10-21)29(31,32)33/h4-15H,16H2,1-3H3,(H,34,39)(H,35,37). The molecule has 0 saturated carbocycles. The Labute approximate surface area is 227 Å². The molecular weight excluding hydrogens is 531 g/mol. The number of amides is 2. The van der Waals surface area contributed by atoms with E-state index in [9.17, 15) is 27.6 Å². The molecule has 0 atom stereocenters. The Hall–Kier alpha value is -4.11. The van der Waals surface area contributed by atoms with E-state index in [1.165, 1.54) is 29.0 Å². The maximum absolute atomic E-state index is 13.2. The van der Waals surface area contributed by atoms with Crippen molar-refractivity contribution in [1.82, 2.24) is 9.88 Å². The Balaban J connectivity index is 1.58. The van der Waals surface area contributed by atoms with E-state index in [-0.39, 0.29) is 34.1 Å². The van der Waals surface area contributed by atoms with Crippen molar-refractivity contribution < 1.29 is 22.8 Å². The van der Waals surface area contributed by atoms with E-state index < -0.39 is 28.6 Å². The van der Waals surface area contributed by atoms with Gasteiger partial charge in [-0.25, -0.2) is 0 Å². The van der Waals surface area contributed by atoms with Crippen molar-refractivity contribution in [3.8, 4) is 5.69 Å². The Bertz CT molecular complexity index is 1620. The second-order valence-corrected chi connectivity index (χ2v) is 10.4. The average molecular weight is 556 g/mol. The molecule has 0 aliphatic heterocycles. The van der Waals surface area contributed by atoms with E-state index in [1.807, 2.05) is 0 Å². The van der Waals surface area contributed by atoms with Crippen molar-refractivity contribution in [2.45, 2.75) is 33.5 Å². The zero-order chi connectivity index (χ0) is 28.5. The van der Waals surface area contributed by atoms with Gasteiger partial charge in [0.2, 0.25) is 5.91 Å². The number of carbonyl (C=O) groups excluding carboxylic acids is 2. The van der Waals surface area contributed by atoms with Crippen LogP contribution < -0.4 is 16.2 Å². The molecule has 0 saturated heterocycles. The summed E-state index contributed by atoms with van der Waals surface area (Å²) in [6, 6.07) is 15.6. The smallest absolute Gasteiger partial charge is 0.352 e. The van der Waals surface area contributed by atoms with Gasteiger partial charge in [0.1, 0.15) is 0 Å². The van der Waals surface area contributed by atoms with Crippen molar-refractivity contribution in [1.29, 1.82) is 0 Å². The van der Waals surface area contributed by atoms with Gasteiger partial charge in [-0.05, 0) is 65.5 Å². The van der Waals surface area contributed by atoms with Crippen LogP contribution in [0.1, 0.15) is 42.3 Å². The number of nitrogens with one attached hydrogen (secondary N) is 2. The van der Waals surface area contributed by atoms with E-state index in [2.05, 4.69) is 10.6 Å². The zero-order valence-corrected chi connectivity index (χ0v) is 22.1. The van der Waals surface area contributed by atoms with Gasteiger partial charge < -0.3 is 10.6 Å². The second-order valence-electron chi connectivity index (χ2n) is 10.0. The number of alkyl halides is 3. The fraction of sp³-hybridized carbons (Fsp3) is 0.207. The molecule has 2 amide bonds. The number of aromatic nitrogens is 1. The summed E-state index contributed by atoms with van der Waals surface area (Å²) in [5.74, 6) is -0.649. The van der Waals surface area contributed by atoms with Gasteiger partial charge >= 0.3 is 6.18 Å². The molecule has 1 heterocycles. The molecule has 6 nitrogen and oxygen atoms in total. The van der Waals surface area contributed by atoms with E-state index >= 15 is 0 Å². The Morgan fingerprint density at radius 1 is 0.923 bits per heavy atom. The fourth-order valence-corrected chi connectivity index (χ4v) is 4.04. The minimum Gasteiger partial charge on any atom is -0.352 e. The van der Waals surface area contributed by atoms with Gasteiger partial charge in [-0.15, -0.1) is 0 Å². The van der Waals surface area contributed by atoms with E-state index in [0.717, 1.165) is 12.1 Å². The van der Waals surface area contributed by atoms with Crippen LogP contribution in [0.15, 0.2) is 77.7 Å². The zero-order valence-electron chi connectivity index (χ0n) is 21.3. The summed E-state index contributed by atoms with van der Waals surface area (Å²) in [5.41, 5.74) is -0.367. The summed E-state index contributed by atoms with van der Waals surface area (Å²) in [6.45, 7) is 5.60. The van der Waals surface area contributed by atoms with Crippen LogP contribution in [-0.2, 0) is 17.5 Å². The maximum Gasteiger partial charge on any atom is 0.416 e. The molecule has 39 heavy (non-hydrogen) atoms. The molecule has 202 valence electrons. The first-order valence-corrected chi connectivity index (χ1v) is 12.3. The van der Waals surface area contributed by atoms with E-state index in [0.29, 0.717) is 16.6 Å². The van der Waals surface area contributed by atoms with E-state index in [4.69, 9.17) is 11.6 Å². The van der Waals surface area contributed by atoms with Crippen molar-refractivity contribution in [2.24, 2.45) is 5.41 Å². The number of nitrogens with zero attached hydrogens (tertiary/aromatic N) is 1. The lowest BCUT2D eigenvalue weighted by molar-refractivity contribution is -0.137. The number of hydrogen-bond acceptors (Lipinski definition) is 3. The number of hydrogen-bond donors (Lipinski definition) is 2. The number of benzene rings is 3. The third kappa shape index (κ3) is 6.31. The lowest BCUT2D eigenvalue weighted by atomic mass is 9.95. The predicted octanol–water partition coefficient (Wildman–Crippen LogP) is 6.58. The highest BCUT2D eigenvalue weighted by Gasteiger charge is 2.30. The number of rotatable bonds is 5. The third-order valence-corrected chi connectivity index (χ3v) is 6.38. The summed E-state index contributed by atoms with van der Waals surface area (Å²) >= 11 is 6.27. The lowest BCUT2D eigenvalue weighted by Crippen LogP contribution is -2.34. The minimum atomic E-state index is -4.48. The summed E-state index contributed by atoms with van der Waals surface area (Å²) < 4.78 is 40.0. The van der Waals surface area contributed by atoms with Crippen molar-refractivity contribution in [3.05, 3.63) is 105 Å². The van der Waals surface area contributed by atoms with Crippen LogP contribution in [0.2, 0.25) is 5.02 Å². The van der Waals surface area contributed by atoms with Crippen LogP contribution >= 0.6 is 11.6 Å². The Kier molecular flexibility index (Phi) is 7.57. The summed E-state index contributed by atoms with van der Waals surface area (Å²) in [7, 11) is 0. The molecule has 0 radical (unpaired) electrons. The first kappa shape index (κ1) is 27.9. The molecule has 3 aromatic carbocycles. The first-order valence-electron chi connectivity index (χ1n) is 12.0. The SMILES string of the molecule is CC(C)(C)C(=O)NCc1ccc(Cl)c(C(=O)Nc2ccc3ccn(-c4ccc(C(F)(F)F)cc4)c(=O)c3c2)c1. The van der Waals surface area contributed by atoms with Crippen LogP contribution in [0.4, 0.5) is 18.9 Å². The normalized spacial score (nSPS) is 11.9. The van der Waals surface area contributed by atoms with Crippen LogP contribution in [0.25, 0.3) is 16.5 Å². The highest BCUT2D eigenvalue weighted by atomic mass is 35.5. The maximum atomic E-state index is 13.2. The first-order chi connectivity index (χ1) is 18.2. The molecule has 0 aliphatic rings. The molecule has 4 rings (SSSR count). The van der Waals surface area contributed by atoms with Crippen molar-refractivity contribution in [2.75, 3.05) is 5.32 Å². The number of anilines is 1. The monoisotopic (exact) mass is 555 g/mol. The molecule has 10 heteroatoms. The minimum absolute atomic E-state index is 0.137. The highest BCUT2D eigenvalue weighted by molar-refractivity contribution is 6.34. The quantitative estimate of drug-likeness (QED) is 0.292. The lowest BCUT2D eigenvalue weighted by Gasteiger charge is -2.18. The third-order valence-electron chi connectivity index (χ3n) is 6.05. The van der Waals surface area contributed by atoms with Crippen LogP contribution in [0.3, 0.4) is 0 Å². The highest BCUT2D eigenvalue weighted by Crippen LogP contribution is 2.29. The Morgan fingerprint density at radius 2 is 1.62 bits per heavy atom. The second kappa shape index (κ2) is 10.6. The van der Waals surface area contributed by atoms with Gasteiger partial charge in [-0.2, -0.15) is 13.2 Å². The molecule has 4 aromatic rings. The van der Waals surface area contributed by atoms with Gasteiger partial charge in [0.25, 0.3) is 11.5 Å². The van der Waals surface area contributed by atoms with Gasteiger partial charge in [0.05, 0.1) is 16.1 Å². The summed E-state index contributed by atoms with van der Waals surface area (Å²) in [5, 5.41) is 6.63. The summed E-state index contributed by atoms with van der Waals surface area (Å²) in [4.78, 5) is 38.4. The number of halogens is 4. The van der Waals surface area contributed by atoms with Crippen LogP contribution in [0.5, 0.6) is 0 Å². The van der Waals surface area contributed by atoms with E-state index in [1.54, 1.807) is 57.2 Å². The van der Waals surface area contributed by atoms with Crippen LogP contribution in [-0.4, -0.2) is 16.4 Å². The molecular formula is C29H25ClF3N3O3. The molecule has 0 bridgehead atoms. The molecule has 0 fully saturated rings. The largest absolute Gasteiger partial charge is 0.416 e. The average Bonchev–Trinajstić information content (AvgIpc) is 2.87. The molecule has 0 spiro atoms. The molecule has 2 N–H and O–H groups in total.